The molecular formula is C21H26N2. The van der Waals surface area contributed by atoms with Crippen LogP contribution in [0.4, 0.5) is 0 Å². The molecule has 2 aromatic rings. The van der Waals surface area contributed by atoms with Gasteiger partial charge in [0.25, 0.3) is 0 Å². The zero-order valence-electron chi connectivity index (χ0n) is 14.4. The van der Waals surface area contributed by atoms with Crippen LogP contribution in [0.3, 0.4) is 0 Å². The molecule has 2 aliphatic rings. The minimum absolute atomic E-state index is 0.115. The van der Waals surface area contributed by atoms with Crippen molar-refractivity contribution in [3.63, 3.8) is 0 Å². The highest BCUT2D eigenvalue weighted by Gasteiger charge is 2.52. The first-order valence-corrected chi connectivity index (χ1v) is 8.92. The Balaban J connectivity index is 1.59. The molecule has 1 saturated carbocycles. The van der Waals surface area contributed by atoms with Gasteiger partial charge in [-0.25, -0.2) is 0 Å². The van der Waals surface area contributed by atoms with Crippen LogP contribution in [0.15, 0.2) is 47.5 Å². The second-order valence-corrected chi connectivity index (χ2v) is 7.42. The minimum atomic E-state index is 0.115. The summed E-state index contributed by atoms with van der Waals surface area (Å²) in [7, 11) is 2.21. The second-order valence-electron chi connectivity index (χ2n) is 7.42. The summed E-state index contributed by atoms with van der Waals surface area (Å²) in [6.45, 7) is 4.64. The number of aliphatic imine (C=N–C) groups is 1. The molecule has 1 fully saturated rings. The van der Waals surface area contributed by atoms with Crippen LogP contribution in [0.5, 0.6) is 0 Å². The van der Waals surface area contributed by atoms with Gasteiger partial charge in [-0.1, -0.05) is 55.3 Å². The van der Waals surface area contributed by atoms with Gasteiger partial charge < -0.3 is 4.90 Å². The summed E-state index contributed by atoms with van der Waals surface area (Å²) in [5.41, 5.74) is 1.51. The average molecular weight is 306 g/mol. The van der Waals surface area contributed by atoms with E-state index in [2.05, 4.69) is 68.3 Å². The van der Waals surface area contributed by atoms with Crippen LogP contribution in [0, 0.1) is 5.92 Å². The lowest BCUT2D eigenvalue weighted by Gasteiger charge is -2.28. The Morgan fingerprint density at radius 2 is 1.78 bits per heavy atom. The molecule has 23 heavy (non-hydrogen) atoms. The van der Waals surface area contributed by atoms with Gasteiger partial charge in [-0.15, -0.1) is 0 Å². The fraction of sp³-hybridized carbons (Fsp3) is 0.476. The number of likely N-dealkylation sites (N-methyl/N-ethyl adjacent to an activating group) is 1. The molecule has 1 aliphatic carbocycles. The monoisotopic (exact) mass is 306 g/mol. The number of benzene rings is 2. The van der Waals surface area contributed by atoms with Crippen molar-refractivity contribution in [3.8, 4) is 0 Å². The molecule has 120 valence electrons. The van der Waals surface area contributed by atoms with E-state index in [0.29, 0.717) is 6.04 Å². The van der Waals surface area contributed by atoms with Crippen LogP contribution < -0.4 is 0 Å². The summed E-state index contributed by atoms with van der Waals surface area (Å²) < 4.78 is 0. The molecule has 0 unspecified atom stereocenters. The Morgan fingerprint density at radius 1 is 1.09 bits per heavy atom. The second kappa shape index (κ2) is 5.36. The van der Waals surface area contributed by atoms with E-state index in [9.17, 15) is 0 Å². The largest absolute Gasteiger partial charge is 0.355 e. The van der Waals surface area contributed by atoms with Crippen LogP contribution in [0.25, 0.3) is 10.8 Å². The third-order valence-electron chi connectivity index (χ3n) is 6.08. The summed E-state index contributed by atoms with van der Waals surface area (Å²) >= 11 is 0. The van der Waals surface area contributed by atoms with E-state index in [0.717, 1.165) is 5.92 Å². The maximum atomic E-state index is 4.94. The topological polar surface area (TPSA) is 15.6 Å². The van der Waals surface area contributed by atoms with E-state index in [1.165, 1.54) is 47.9 Å². The van der Waals surface area contributed by atoms with Crippen molar-refractivity contribution in [1.82, 2.24) is 4.90 Å². The third-order valence-corrected chi connectivity index (χ3v) is 6.08. The average Bonchev–Trinajstić information content (AvgIpc) is 3.01. The van der Waals surface area contributed by atoms with Crippen LogP contribution in [0.1, 0.15) is 51.1 Å². The highest BCUT2D eigenvalue weighted by molar-refractivity contribution is 6.03. The van der Waals surface area contributed by atoms with Crippen molar-refractivity contribution in [2.45, 2.75) is 51.1 Å². The van der Waals surface area contributed by atoms with E-state index in [-0.39, 0.29) is 5.54 Å². The van der Waals surface area contributed by atoms with Gasteiger partial charge in [0.15, 0.2) is 0 Å². The van der Waals surface area contributed by atoms with E-state index in [4.69, 9.17) is 4.99 Å². The molecule has 0 N–H and O–H groups in total. The quantitative estimate of drug-likeness (QED) is 0.761. The van der Waals surface area contributed by atoms with Crippen molar-refractivity contribution in [1.29, 1.82) is 0 Å². The lowest BCUT2D eigenvalue weighted by Crippen LogP contribution is -2.35. The van der Waals surface area contributed by atoms with Crippen molar-refractivity contribution < 1.29 is 0 Å². The van der Waals surface area contributed by atoms with E-state index < -0.39 is 0 Å². The zero-order valence-corrected chi connectivity index (χ0v) is 14.4. The fourth-order valence-corrected chi connectivity index (χ4v) is 4.40. The van der Waals surface area contributed by atoms with E-state index in [1.54, 1.807) is 0 Å². The van der Waals surface area contributed by atoms with Crippen molar-refractivity contribution in [2.75, 3.05) is 7.05 Å². The Hall–Kier alpha value is -1.83. The molecule has 0 saturated heterocycles. The Labute approximate surface area is 139 Å². The predicted molar refractivity (Wildman–Crippen MR) is 97.9 cm³/mol. The SMILES string of the molecule is C[C@H](c1cccc2ccccc12)N(C)C1=N[C@@]1(C)C1CCCC1. The smallest absolute Gasteiger partial charge is 0.129 e. The summed E-state index contributed by atoms with van der Waals surface area (Å²) in [6, 6.07) is 15.7. The van der Waals surface area contributed by atoms with Crippen molar-refractivity contribution in [3.05, 3.63) is 48.0 Å². The molecule has 0 radical (unpaired) electrons. The van der Waals surface area contributed by atoms with Gasteiger partial charge in [-0.3, -0.25) is 4.99 Å². The molecule has 2 nitrogen and oxygen atoms in total. The molecule has 1 heterocycles. The molecule has 0 bridgehead atoms. The Morgan fingerprint density at radius 3 is 2.57 bits per heavy atom. The maximum Gasteiger partial charge on any atom is 0.129 e. The Kier molecular flexibility index (Phi) is 3.44. The van der Waals surface area contributed by atoms with E-state index in [1.807, 2.05) is 0 Å². The highest BCUT2D eigenvalue weighted by atomic mass is 15.3. The minimum Gasteiger partial charge on any atom is -0.355 e. The fourth-order valence-electron chi connectivity index (χ4n) is 4.40. The molecule has 0 amide bonds. The summed E-state index contributed by atoms with van der Waals surface area (Å²) in [5.74, 6) is 2.07. The molecule has 4 rings (SSSR count). The van der Waals surface area contributed by atoms with Crippen LogP contribution in [-0.4, -0.2) is 23.3 Å². The summed E-state index contributed by atoms with van der Waals surface area (Å²) in [6.07, 6.45) is 5.46. The van der Waals surface area contributed by atoms with Gasteiger partial charge in [-0.05, 0) is 48.9 Å². The normalized spacial score (nSPS) is 25.4. The van der Waals surface area contributed by atoms with Gasteiger partial charge in [0.1, 0.15) is 11.4 Å². The molecule has 1 aliphatic heterocycles. The van der Waals surface area contributed by atoms with Crippen molar-refractivity contribution >= 4 is 16.6 Å². The maximum absolute atomic E-state index is 4.94. The number of rotatable bonds is 3. The molecular weight excluding hydrogens is 280 g/mol. The predicted octanol–water partition coefficient (Wildman–Crippen LogP) is 5.19. The lowest BCUT2D eigenvalue weighted by molar-refractivity contribution is 0.374. The van der Waals surface area contributed by atoms with Crippen LogP contribution in [-0.2, 0) is 0 Å². The van der Waals surface area contributed by atoms with Gasteiger partial charge in [0.05, 0.1) is 6.04 Å². The van der Waals surface area contributed by atoms with Gasteiger partial charge in [0, 0.05) is 7.05 Å². The molecule has 2 aromatic carbocycles. The van der Waals surface area contributed by atoms with Gasteiger partial charge >= 0.3 is 0 Å². The first-order valence-electron chi connectivity index (χ1n) is 8.92. The molecule has 2 heteroatoms. The first-order chi connectivity index (χ1) is 11.1. The first kappa shape index (κ1) is 14.7. The number of nitrogens with zero attached hydrogens (tertiary/aromatic N) is 2. The van der Waals surface area contributed by atoms with Gasteiger partial charge in [0.2, 0.25) is 0 Å². The lowest BCUT2D eigenvalue weighted by atomic mass is 9.89. The Bertz CT molecular complexity index is 752. The van der Waals surface area contributed by atoms with Crippen LogP contribution in [0.2, 0.25) is 0 Å². The molecule has 2 atom stereocenters. The van der Waals surface area contributed by atoms with Crippen LogP contribution >= 0.6 is 0 Å². The zero-order chi connectivity index (χ0) is 16.0. The highest BCUT2D eigenvalue weighted by Crippen LogP contribution is 2.46. The van der Waals surface area contributed by atoms with Crippen molar-refractivity contribution in [2.24, 2.45) is 10.9 Å². The third kappa shape index (κ3) is 2.36. The molecule has 0 aromatic heterocycles. The number of amidine groups is 1. The van der Waals surface area contributed by atoms with Gasteiger partial charge in [-0.2, -0.15) is 0 Å². The number of hydrogen-bond donors (Lipinski definition) is 0. The standard InChI is InChI=1S/C21H26N2/c1-15(18-14-8-10-16-9-4-7-13-19(16)18)23(3)20-21(2,22-20)17-11-5-6-12-17/h4,7-10,13-15,17H,5-6,11-12H2,1-3H3/t15-,21+/m1/s1. The summed E-state index contributed by atoms with van der Waals surface area (Å²) in [4.78, 5) is 7.34. The molecule has 0 spiro atoms. The summed E-state index contributed by atoms with van der Waals surface area (Å²) in [5, 5.41) is 2.68. The van der Waals surface area contributed by atoms with E-state index >= 15 is 0 Å². The number of fused-ring (bicyclic) bond motifs is 1. The number of hydrogen-bond acceptors (Lipinski definition) is 2.